The third-order valence-corrected chi connectivity index (χ3v) is 3.18. The number of carbonyl (C=O) groups is 1. The number of hydrogen-bond acceptors (Lipinski definition) is 2. The fraction of sp³-hybridized carbons (Fsp3) is 0. The predicted molar refractivity (Wildman–Crippen MR) is 92.9 cm³/mol. The average molecular weight is 367 g/mol. The average Bonchev–Trinajstić information content (AvgIpc) is 2.52. The van der Waals surface area contributed by atoms with Crippen molar-refractivity contribution in [2.75, 3.05) is 5.32 Å². The van der Waals surface area contributed by atoms with E-state index in [1.165, 1.54) is 24.3 Å². The molecule has 0 bridgehead atoms. The third kappa shape index (κ3) is 4.88. The molecule has 25 heavy (non-hydrogen) atoms. The Hall–Kier alpha value is -3.20. The van der Waals surface area contributed by atoms with Gasteiger partial charge in [0, 0.05) is 5.69 Å². The molecule has 0 aliphatic heterocycles. The van der Waals surface area contributed by atoms with Gasteiger partial charge in [0.1, 0.15) is 0 Å². The highest BCUT2D eigenvalue weighted by Crippen LogP contribution is 2.22. The van der Waals surface area contributed by atoms with E-state index in [1.807, 2.05) is 0 Å². The minimum atomic E-state index is -1.17. The fourth-order valence-corrected chi connectivity index (χ4v) is 2.04. The van der Waals surface area contributed by atoms with Crippen LogP contribution in [-0.4, -0.2) is 17.8 Å². The maximum Gasteiger partial charge on any atom is 0.257 e. The van der Waals surface area contributed by atoms with Crippen molar-refractivity contribution in [2.24, 2.45) is 27.2 Å². The molecule has 0 aliphatic carbocycles. The molecule has 1 amide bonds. The van der Waals surface area contributed by atoms with Gasteiger partial charge in [-0.05, 0) is 36.4 Å². The summed E-state index contributed by atoms with van der Waals surface area (Å²) in [5.74, 6) is -3.37. The molecule has 0 saturated carbocycles. The SMILES string of the molecule is NC(N)=NC(N)=Nc1ccc(NC(=O)c2cc(F)c(F)cc2Cl)cc1. The summed E-state index contributed by atoms with van der Waals surface area (Å²) in [5.41, 5.74) is 16.5. The first kappa shape index (κ1) is 18.1. The number of anilines is 1. The molecule has 0 unspecified atom stereocenters. The number of nitrogens with one attached hydrogen (secondary N) is 1. The van der Waals surface area contributed by atoms with E-state index in [4.69, 9.17) is 28.8 Å². The van der Waals surface area contributed by atoms with Gasteiger partial charge in [-0.1, -0.05) is 11.6 Å². The van der Waals surface area contributed by atoms with Gasteiger partial charge in [-0.25, -0.2) is 13.8 Å². The Labute approximate surface area is 146 Å². The van der Waals surface area contributed by atoms with Crippen molar-refractivity contribution in [3.63, 3.8) is 0 Å². The van der Waals surface area contributed by atoms with Crippen LogP contribution in [0.3, 0.4) is 0 Å². The number of rotatable bonds is 3. The van der Waals surface area contributed by atoms with E-state index in [0.29, 0.717) is 11.4 Å². The second kappa shape index (κ2) is 7.58. The van der Waals surface area contributed by atoms with Crippen LogP contribution in [0.4, 0.5) is 20.2 Å². The Bertz CT molecular complexity index is 863. The normalized spacial score (nSPS) is 11.1. The summed E-state index contributed by atoms with van der Waals surface area (Å²) in [6.07, 6.45) is 0. The van der Waals surface area contributed by atoms with E-state index >= 15 is 0 Å². The second-order valence-electron chi connectivity index (χ2n) is 4.75. The summed E-state index contributed by atoms with van der Waals surface area (Å²) < 4.78 is 26.3. The molecule has 10 heteroatoms. The first-order valence-corrected chi connectivity index (χ1v) is 7.14. The summed E-state index contributed by atoms with van der Waals surface area (Å²) in [6, 6.07) is 7.58. The molecule has 0 atom stereocenters. The number of nitrogens with zero attached hydrogens (tertiary/aromatic N) is 2. The molecular weight excluding hydrogens is 354 g/mol. The quantitative estimate of drug-likeness (QED) is 0.376. The summed E-state index contributed by atoms with van der Waals surface area (Å²) in [5, 5.41) is 2.29. The van der Waals surface area contributed by atoms with Crippen molar-refractivity contribution in [3.05, 3.63) is 58.6 Å². The van der Waals surface area contributed by atoms with E-state index in [-0.39, 0.29) is 22.5 Å². The molecule has 0 heterocycles. The van der Waals surface area contributed by atoms with Crippen molar-refractivity contribution in [1.29, 1.82) is 0 Å². The van der Waals surface area contributed by atoms with Crippen molar-refractivity contribution >= 4 is 40.8 Å². The van der Waals surface area contributed by atoms with Gasteiger partial charge >= 0.3 is 0 Å². The summed E-state index contributed by atoms with van der Waals surface area (Å²) >= 11 is 5.75. The minimum absolute atomic E-state index is 0.134. The first-order chi connectivity index (χ1) is 11.8. The zero-order chi connectivity index (χ0) is 18.6. The molecule has 130 valence electrons. The van der Waals surface area contributed by atoms with E-state index in [2.05, 4.69) is 15.3 Å². The Morgan fingerprint density at radius 2 is 1.64 bits per heavy atom. The number of carbonyl (C=O) groups excluding carboxylic acids is 1. The van der Waals surface area contributed by atoms with Crippen molar-refractivity contribution in [3.8, 4) is 0 Å². The van der Waals surface area contributed by atoms with Crippen LogP contribution in [0.15, 0.2) is 46.4 Å². The van der Waals surface area contributed by atoms with Crippen LogP contribution in [0.2, 0.25) is 5.02 Å². The number of benzene rings is 2. The van der Waals surface area contributed by atoms with Crippen molar-refractivity contribution in [1.82, 2.24) is 0 Å². The Morgan fingerprint density at radius 1 is 1.04 bits per heavy atom. The van der Waals surface area contributed by atoms with E-state index in [1.54, 1.807) is 0 Å². The van der Waals surface area contributed by atoms with E-state index < -0.39 is 17.5 Å². The smallest absolute Gasteiger partial charge is 0.257 e. The Balaban J connectivity index is 2.15. The third-order valence-electron chi connectivity index (χ3n) is 2.87. The predicted octanol–water partition coefficient (Wildman–Crippen LogP) is 2.09. The van der Waals surface area contributed by atoms with Crippen molar-refractivity contribution < 1.29 is 13.6 Å². The number of amides is 1. The number of nitrogens with two attached hydrogens (primary N) is 3. The molecule has 0 spiro atoms. The summed E-state index contributed by atoms with van der Waals surface area (Å²) in [6.45, 7) is 0. The highest BCUT2D eigenvalue weighted by molar-refractivity contribution is 6.34. The molecule has 0 saturated heterocycles. The molecule has 0 fully saturated rings. The lowest BCUT2D eigenvalue weighted by Gasteiger charge is -2.07. The van der Waals surface area contributed by atoms with Gasteiger partial charge in [0.15, 0.2) is 17.6 Å². The van der Waals surface area contributed by atoms with E-state index in [0.717, 1.165) is 12.1 Å². The number of aliphatic imine (C=N–C) groups is 2. The molecule has 0 aromatic heterocycles. The second-order valence-corrected chi connectivity index (χ2v) is 5.16. The van der Waals surface area contributed by atoms with Gasteiger partial charge in [0.25, 0.3) is 5.91 Å². The van der Waals surface area contributed by atoms with Gasteiger partial charge in [-0.2, -0.15) is 4.99 Å². The molecular formula is C15H13ClF2N6O. The molecule has 7 N–H and O–H groups in total. The monoisotopic (exact) mass is 366 g/mol. The van der Waals surface area contributed by atoms with Gasteiger partial charge in [-0.3, -0.25) is 4.79 Å². The lowest BCUT2D eigenvalue weighted by atomic mass is 10.2. The number of guanidine groups is 2. The Kier molecular flexibility index (Phi) is 5.50. The number of halogens is 3. The summed E-state index contributed by atoms with van der Waals surface area (Å²) in [7, 11) is 0. The minimum Gasteiger partial charge on any atom is -0.370 e. The van der Waals surface area contributed by atoms with Crippen LogP contribution >= 0.6 is 11.6 Å². The lowest BCUT2D eigenvalue weighted by Crippen LogP contribution is -2.26. The molecule has 7 nitrogen and oxygen atoms in total. The van der Waals surface area contributed by atoms with Crippen LogP contribution < -0.4 is 22.5 Å². The first-order valence-electron chi connectivity index (χ1n) is 6.76. The van der Waals surface area contributed by atoms with Crippen LogP contribution in [0.5, 0.6) is 0 Å². The van der Waals surface area contributed by atoms with Gasteiger partial charge in [-0.15, -0.1) is 0 Å². The zero-order valence-electron chi connectivity index (χ0n) is 12.6. The maximum absolute atomic E-state index is 13.3. The molecule has 2 aromatic carbocycles. The molecule has 0 aliphatic rings. The molecule has 0 radical (unpaired) electrons. The van der Waals surface area contributed by atoms with Crippen LogP contribution in [0.1, 0.15) is 10.4 Å². The molecule has 2 aromatic rings. The highest BCUT2D eigenvalue weighted by Gasteiger charge is 2.15. The van der Waals surface area contributed by atoms with Crippen molar-refractivity contribution in [2.45, 2.75) is 0 Å². The topological polar surface area (TPSA) is 132 Å². The van der Waals surface area contributed by atoms with Gasteiger partial charge in [0.05, 0.1) is 16.3 Å². The van der Waals surface area contributed by atoms with Crippen LogP contribution in [0, 0.1) is 11.6 Å². The lowest BCUT2D eigenvalue weighted by molar-refractivity contribution is 0.102. The van der Waals surface area contributed by atoms with Gasteiger partial charge in [0.2, 0.25) is 5.96 Å². The Morgan fingerprint density at radius 3 is 2.24 bits per heavy atom. The van der Waals surface area contributed by atoms with E-state index in [9.17, 15) is 13.6 Å². The summed E-state index contributed by atoms with van der Waals surface area (Å²) in [4.78, 5) is 19.6. The number of hydrogen-bond donors (Lipinski definition) is 4. The largest absolute Gasteiger partial charge is 0.370 e. The maximum atomic E-state index is 13.3. The fourth-order valence-electron chi connectivity index (χ4n) is 1.80. The standard InChI is InChI=1S/C15H13ClF2N6O/c16-10-6-12(18)11(17)5-9(10)13(25)22-7-1-3-8(4-2-7)23-15(21)24-14(19)20/h1-6H,(H,22,25)(H6,19,20,21,23,24). The van der Waals surface area contributed by atoms with Crippen LogP contribution in [-0.2, 0) is 0 Å². The van der Waals surface area contributed by atoms with Crippen LogP contribution in [0.25, 0.3) is 0 Å². The molecule has 2 rings (SSSR count). The van der Waals surface area contributed by atoms with Gasteiger partial charge < -0.3 is 22.5 Å². The highest BCUT2D eigenvalue weighted by atomic mass is 35.5. The zero-order valence-corrected chi connectivity index (χ0v) is 13.4.